The monoisotopic (exact) mass is 774 g/mol. The molecule has 232 valence electrons. The van der Waals surface area contributed by atoms with Gasteiger partial charge in [-0.05, 0) is 0 Å². The van der Waals surface area contributed by atoms with Crippen LogP contribution in [0.4, 0.5) is 0 Å². The van der Waals surface area contributed by atoms with E-state index in [4.69, 9.17) is 4.74 Å². The number of aliphatic hydroxyl groups excluding tert-OH is 1. The molecule has 0 unspecified atom stereocenters. The number of esters is 1. The molecular weight excluding hydrogens is 706 g/mol. The van der Waals surface area contributed by atoms with Crippen molar-refractivity contribution < 1.29 is 14.6 Å². The second-order valence-corrected chi connectivity index (χ2v) is 45.1. The third-order valence-corrected chi connectivity index (χ3v) is 65.9. The molecule has 2 atom stereocenters. The van der Waals surface area contributed by atoms with Gasteiger partial charge >= 0.3 is 260 Å². The molecule has 1 N–H and O–H groups in total. The van der Waals surface area contributed by atoms with Crippen LogP contribution in [0.25, 0.3) is 0 Å². The quantitative estimate of drug-likeness (QED) is 0.0841. The molecular formula is C35H66O3Sn2. The van der Waals surface area contributed by atoms with Crippen LogP contribution in [0.15, 0.2) is 30.3 Å². The van der Waals surface area contributed by atoms with Crippen LogP contribution in [-0.4, -0.2) is 54.9 Å². The van der Waals surface area contributed by atoms with Gasteiger partial charge in [0.25, 0.3) is 0 Å². The molecule has 0 bridgehead atoms. The molecule has 0 spiro atoms. The van der Waals surface area contributed by atoms with E-state index in [9.17, 15) is 9.90 Å². The Morgan fingerprint density at radius 2 is 0.975 bits per heavy atom. The molecule has 0 aliphatic rings. The van der Waals surface area contributed by atoms with Crippen LogP contribution >= 0.6 is 0 Å². The molecule has 5 heteroatoms. The first kappa shape index (κ1) is 38.3. The zero-order valence-corrected chi connectivity index (χ0v) is 33.3. The van der Waals surface area contributed by atoms with E-state index in [0.29, 0.717) is 1.95 Å². The van der Waals surface area contributed by atoms with Crippen LogP contribution in [0.5, 0.6) is 0 Å². The van der Waals surface area contributed by atoms with Crippen LogP contribution in [0.2, 0.25) is 28.6 Å². The topological polar surface area (TPSA) is 46.5 Å². The summed E-state index contributed by atoms with van der Waals surface area (Å²) in [5.74, 6) is -0.493. The van der Waals surface area contributed by atoms with Crippen molar-refractivity contribution in [3.63, 3.8) is 0 Å². The number of aliphatic hydroxyl groups is 1. The molecule has 0 fully saturated rings. The number of hydrogen-bond acceptors (Lipinski definition) is 3. The molecule has 0 aromatic heterocycles. The SMILES string of the molecule is CCC[CH2][Sn]([CH2]CCC)([CH2]CCC)[CH]([C@@H](C(=O)OC)[C@H](O)c1ccccc1)[Sn]([CH2]CCC)([CH2]CCC)[CH2]CCC. The summed E-state index contributed by atoms with van der Waals surface area (Å²) in [4.78, 5) is 14.2. The normalized spacial score (nSPS) is 13.9. The van der Waals surface area contributed by atoms with Crippen LogP contribution in [0.1, 0.15) is 130 Å². The van der Waals surface area contributed by atoms with E-state index in [1.165, 1.54) is 104 Å². The Labute approximate surface area is 257 Å². The fourth-order valence-corrected chi connectivity index (χ4v) is 86.8. The number of benzene rings is 1. The van der Waals surface area contributed by atoms with Crippen molar-refractivity contribution in [1.82, 2.24) is 0 Å². The molecule has 3 nitrogen and oxygen atoms in total. The fraction of sp³-hybridized carbons (Fsp3) is 0.800. The van der Waals surface area contributed by atoms with Gasteiger partial charge in [-0.3, -0.25) is 0 Å². The summed E-state index contributed by atoms with van der Waals surface area (Å²) in [7, 11) is 1.58. The third kappa shape index (κ3) is 11.4. The zero-order valence-electron chi connectivity index (χ0n) is 27.6. The summed E-state index contributed by atoms with van der Waals surface area (Å²) >= 11 is -6.08. The Balaban J connectivity index is 4.15. The molecule has 0 amide bonds. The van der Waals surface area contributed by atoms with Crippen molar-refractivity contribution in [2.24, 2.45) is 5.92 Å². The van der Waals surface area contributed by atoms with E-state index in [0.717, 1.165) is 5.56 Å². The third-order valence-electron chi connectivity index (χ3n) is 9.80. The second-order valence-electron chi connectivity index (χ2n) is 12.7. The Morgan fingerprint density at radius 3 is 1.25 bits per heavy atom. The number of unbranched alkanes of at least 4 members (excludes halogenated alkanes) is 6. The van der Waals surface area contributed by atoms with Gasteiger partial charge in [0, 0.05) is 0 Å². The zero-order chi connectivity index (χ0) is 29.9. The Hall–Kier alpha value is 0.247. The van der Waals surface area contributed by atoms with Crippen LogP contribution < -0.4 is 0 Å². The maximum atomic E-state index is 14.2. The number of carbonyl (C=O) groups excluding carboxylic acids is 1. The van der Waals surface area contributed by atoms with E-state index in [2.05, 4.69) is 41.5 Å². The first-order valence-corrected chi connectivity index (χ1v) is 32.6. The summed E-state index contributed by atoms with van der Waals surface area (Å²) in [6.07, 6.45) is 14.4. The van der Waals surface area contributed by atoms with E-state index in [-0.39, 0.29) is 11.9 Å². The van der Waals surface area contributed by atoms with Gasteiger partial charge in [0.1, 0.15) is 0 Å². The van der Waals surface area contributed by atoms with Crippen LogP contribution in [0.3, 0.4) is 0 Å². The standard InChI is InChI=1S/C11H12O3.6C4H9.2Sn/c1-8(11(13)14-2)10(12)9-6-4-3-5-7-9;6*1-3-4-2;;/h1,3-8,10,12H,2H3;6*1,3-4H2,2H3;;/t8-,10+;;;;;;;;/m1......../s1. The van der Waals surface area contributed by atoms with Gasteiger partial charge in [-0.25, -0.2) is 0 Å². The molecule has 0 saturated heterocycles. The van der Waals surface area contributed by atoms with Gasteiger partial charge in [0.2, 0.25) is 0 Å². The van der Waals surface area contributed by atoms with Gasteiger partial charge in [-0.1, -0.05) is 0 Å². The molecule has 1 aromatic rings. The predicted octanol–water partition coefficient (Wildman–Crippen LogP) is 11.1. The number of rotatable bonds is 24. The van der Waals surface area contributed by atoms with E-state index in [1.807, 2.05) is 30.3 Å². The second kappa shape index (κ2) is 21.9. The Morgan fingerprint density at radius 1 is 0.650 bits per heavy atom. The van der Waals surface area contributed by atoms with Crippen molar-refractivity contribution >= 4 is 42.7 Å². The fourth-order valence-electron chi connectivity index (χ4n) is 7.71. The van der Waals surface area contributed by atoms with Crippen molar-refractivity contribution in [3.8, 4) is 0 Å². The molecule has 0 heterocycles. The van der Waals surface area contributed by atoms with Gasteiger partial charge in [-0.2, -0.15) is 0 Å². The summed E-state index contributed by atoms with van der Waals surface area (Å²) in [5.41, 5.74) is 0.909. The van der Waals surface area contributed by atoms with Crippen molar-refractivity contribution in [2.75, 3.05) is 7.11 Å². The number of hydrogen-bond donors (Lipinski definition) is 1. The first-order chi connectivity index (χ1) is 19.4. The first-order valence-electron chi connectivity index (χ1n) is 17.2. The number of carbonyl (C=O) groups is 1. The van der Waals surface area contributed by atoms with Crippen LogP contribution in [-0.2, 0) is 9.53 Å². The molecule has 1 aromatic carbocycles. The van der Waals surface area contributed by atoms with Crippen molar-refractivity contribution in [1.29, 1.82) is 0 Å². The minimum absolute atomic E-state index is 0.113. The van der Waals surface area contributed by atoms with E-state index < -0.39 is 42.9 Å². The number of methoxy groups -OCH3 is 1. The van der Waals surface area contributed by atoms with E-state index in [1.54, 1.807) is 7.11 Å². The maximum absolute atomic E-state index is 14.2. The van der Waals surface area contributed by atoms with E-state index >= 15 is 0 Å². The molecule has 0 saturated carbocycles. The van der Waals surface area contributed by atoms with Gasteiger partial charge in [-0.15, -0.1) is 0 Å². The molecule has 0 radical (unpaired) electrons. The average molecular weight is 772 g/mol. The summed E-state index contributed by atoms with van der Waals surface area (Å²) in [6.45, 7) is 14.1. The Bertz CT molecular complexity index is 694. The van der Waals surface area contributed by atoms with Gasteiger partial charge in [0.15, 0.2) is 0 Å². The van der Waals surface area contributed by atoms with Crippen molar-refractivity contribution in [3.05, 3.63) is 35.9 Å². The summed E-state index contributed by atoms with van der Waals surface area (Å²) in [6, 6.07) is 10.1. The Kier molecular flexibility index (Phi) is 20.9. The van der Waals surface area contributed by atoms with Crippen molar-refractivity contribution in [2.45, 2.75) is 153 Å². The van der Waals surface area contributed by atoms with Gasteiger partial charge < -0.3 is 0 Å². The molecule has 1 rings (SSSR count). The minimum atomic E-state index is -3.04. The summed E-state index contributed by atoms with van der Waals surface area (Å²) < 4.78 is 14.6. The molecule has 40 heavy (non-hydrogen) atoms. The molecule has 0 aliphatic heterocycles. The summed E-state index contributed by atoms with van der Waals surface area (Å²) in [5, 5.41) is 12.3. The van der Waals surface area contributed by atoms with Gasteiger partial charge in [0.05, 0.1) is 0 Å². The molecule has 0 aliphatic carbocycles. The van der Waals surface area contributed by atoms with Crippen LogP contribution in [0, 0.1) is 5.92 Å². The average Bonchev–Trinajstić information content (AvgIpc) is 2.99. The number of ether oxygens (including phenoxy) is 1. The predicted molar refractivity (Wildman–Crippen MR) is 180 cm³/mol.